The van der Waals surface area contributed by atoms with E-state index in [1.54, 1.807) is 0 Å². The zero-order chi connectivity index (χ0) is 18.0. The van der Waals surface area contributed by atoms with Gasteiger partial charge >= 0.3 is 5.97 Å². The van der Waals surface area contributed by atoms with Gasteiger partial charge in [0.25, 0.3) is 0 Å². The van der Waals surface area contributed by atoms with Gasteiger partial charge in [-0.15, -0.1) is 0 Å². The lowest BCUT2D eigenvalue weighted by molar-refractivity contribution is -0.134. The summed E-state index contributed by atoms with van der Waals surface area (Å²) in [7, 11) is 1.36. The number of carbonyl (C=O) groups excluding carboxylic acids is 1. The molecule has 1 fully saturated rings. The fourth-order valence-corrected chi connectivity index (χ4v) is 5.03. The molecule has 2 rings (SSSR count). The number of aliphatic hydroxyl groups excluding tert-OH is 1. The summed E-state index contributed by atoms with van der Waals surface area (Å²) in [6, 6.07) is 0. The fourth-order valence-electron chi connectivity index (χ4n) is 5.03. The lowest BCUT2D eigenvalue weighted by atomic mass is 9.49. The molecule has 0 aliphatic heterocycles. The molecule has 0 aromatic carbocycles. The van der Waals surface area contributed by atoms with E-state index >= 15 is 0 Å². The van der Waals surface area contributed by atoms with Crippen molar-refractivity contribution < 1.29 is 14.6 Å². The summed E-state index contributed by atoms with van der Waals surface area (Å²) in [5, 5.41) is 9.53. The molecule has 0 spiro atoms. The Kier molecular flexibility index (Phi) is 5.74. The molecule has 24 heavy (non-hydrogen) atoms. The predicted molar refractivity (Wildman–Crippen MR) is 97.4 cm³/mol. The Bertz CT molecular complexity index is 555. The number of esters is 1. The quantitative estimate of drug-likeness (QED) is 0.598. The first-order valence-corrected chi connectivity index (χ1v) is 9.00. The van der Waals surface area contributed by atoms with Crippen molar-refractivity contribution in [1.29, 1.82) is 0 Å². The molecule has 1 saturated carbocycles. The second-order valence-corrected chi connectivity index (χ2v) is 8.33. The Hall–Kier alpha value is -1.35. The molecule has 0 aromatic heterocycles. The van der Waals surface area contributed by atoms with Crippen LogP contribution in [0.25, 0.3) is 0 Å². The Morgan fingerprint density at radius 2 is 2.12 bits per heavy atom. The zero-order valence-electron chi connectivity index (χ0n) is 15.6. The van der Waals surface area contributed by atoms with Crippen LogP contribution >= 0.6 is 0 Å². The first-order valence-electron chi connectivity index (χ1n) is 9.00. The molecule has 0 amide bonds. The standard InChI is InChI=1S/C21H32O3/c1-15-7-10-18-20(2,3)11-6-12-21(18,4)17(15)9-8-16(14-22)13-19(23)24-5/h7,10,13,17-18,22H,1,6,8-9,11-12,14H2,2-5H3. The molecule has 3 atom stereocenters. The van der Waals surface area contributed by atoms with Crippen LogP contribution in [0.5, 0.6) is 0 Å². The van der Waals surface area contributed by atoms with E-state index in [9.17, 15) is 9.90 Å². The zero-order valence-corrected chi connectivity index (χ0v) is 15.6. The molecule has 0 radical (unpaired) electrons. The topological polar surface area (TPSA) is 46.5 Å². The van der Waals surface area contributed by atoms with E-state index in [1.807, 2.05) is 0 Å². The summed E-state index contributed by atoms with van der Waals surface area (Å²) in [6.07, 6.45) is 11.3. The monoisotopic (exact) mass is 332 g/mol. The second kappa shape index (κ2) is 7.26. The second-order valence-electron chi connectivity index (χ2n) is 8.33. The highest BCUT2D eigenvalue weighted by molar-refractivity contribution is 5.82. The van der Waals surface area contributed by atoms with E-state index in [-0.39, 0.29) is 12.0 Å². The number of hydrogen-bond acceptors (Lipinski definition) is 3. The highest BCUT2D eigenvalue weighted by Crippen LogP contribution is 2.59. The van der Waals surface area contributed by atoms with Crippen molar-refractivity contribution >= 4 is 5.97 Å². The van der Waals surface area contributed by atoms with Crippen molar-refractivity contribution in [2.45, 2.75) is 52.9 Å². The van der Waals surface area contributed by atoms with E-state index in [1.165, 1.54) is 38.0 Å². The lowest BCUT2D eigenvalue weighted by Crippen LogP contribution is -2.47. The number of rotatable bonds is 5. The molecule has 3 nitrogen and oxygen atoms in total. The first kappa shape index (κ1) is 19.0. The van der Waals surface area contributed by atoms with Gasteiger partial charge in [0.05, 0.1) is 13.7 Å². The van der Waals surface area contributed by atoms with Crippen LogP contribution in [0, 0.1) is 22.7 Å². The lowest BCUT2D eigenvalue weighted by Gasteiger charge is -2.55. The van der Waals surface area contributed by atoms with E-state index in [0.29, 0.717) is 23.7 Å². The predicted octanol–water partition coefficient (Wildman–Crippen LogP) is 4.43. The molecule has 1 N–H and O–H groups in total. The maximum atomic E-state index is 11.4. The molecular formula is C21H32O3. The van der Waals surface area contributed by atoms with Crippen molar-refractivity contribution in [2.75, 3.05) is 13.7 Å². The smallest absolute Gasteiger partial charge is 0.330 e. The van der Waals surface area contributed by atoms with Crippen LogP contribution in [-0.4, -0.2) is 24.8 Å². The van der Waals surface area contributed by atoms with Gasteiger partial charge in [-0.3, -0.25) is 0 Å². The first-order chi connectivity index (χ1) is 11.2. The molecular weight excluding hydrogens is 300 g/mol. The average molecular weight is 332 g/mol. The third kappa shape index (κ3) is 3.66. The van der Waals surface area contributed by atoms with Crippen molar-refractivity contribution in [1.82, 2.24) is 0 Å². The molecule has 0 bridgehead atoms. The summed E-state index contributed by atoms with van der Waals surface area (Å²) in [5.74, 6) is 0.542. The Morgan fingerprint density at radius 3 is 2.75 bits per heavy atom. The maximum Gasteiger partial charge on any atom is 0.330 e. The van der Waals surface area contributed by atoms with Crippen LogP contribution in [0.1, 0.15) is 52.9 Å². The molecule has 2 aliphatic carbocycles. The van der Waals surface area contributed by atoms with E-state index in [4.69, 9.17) is 0 Å². The van der Waals surface area contributed by atoms with Crippen LogP contribution < -0.4 is 0 Å². The molecule has 3 unspecified atom stereocenters. The van der Waals surface area contributed by atoms with Gasteiger partial charge in [0.15, 0.2) is 0 Å². The molecule has 3 heteroatoms. The number of aliphatic hydroxyl groups is 1. The van der Waals surface area contributed by atoms with Crippen molar-refractivity contribution in [3.05, 3.63) is 36.0 Å². The number of methoxy groups -OCH3 is 1. The largest absolute Gasteiger partial charge is 0.466 e. The van der Waals surface area contributed by atoms with Gasteiger partial charge in [0.1, 0.15) is 0 Å². The van der Waals surface area contributed by atoms with Crippen molar-refractivity contribution in [3.63, 3.8) is 0 Å². The summed E-state index contributed by atoms with van der Waals surface area (Å²) < 4.78 is 4.67. The average Bonchev–Trinajstić information content (AvgIpc) is 2.51. The Balaban J connectivity index is 2.19. The Morgan fingerprint density at radius 1 is 1.42 bits per heavy atom. The van der Waals surface area contributed by atoms with Gasteiger partial charge in [-0.05, 0) is 53.9 Å². The molecule has 134 valence electrons. The van der Waals surface area contributed by atoms with E-state index < -0.39 is 5.97 Å². The Labute approximate surface area is 146 Å². The van der Waals surface area contributed by atoms with Crippen LogP contribution in [0.3, 0.4) is 0 Å². The van der Waals surface area contributed by atoms with Gasteiger partial charge in [0, 0.05) is 6.08 Å². The minimum atomic E-state index is -0.399. The highest BCUT2D eigenvalue weighted by Gasteiger charge is 2.50. The number of allylic oxidation sites excluding steroid dienone is 3. The maximum absolute atomic E-state index is 11.4. The number of carbonyl (C=O) groups is 1. The summed E-state index contributed by atoms with van der Waals surface area (Å²) in [5.41, 5.74) is 2.44. The summed E-state index contributed by atoms with van der Waals surface area (Å²) in [6.45, 7) is 11.4. The van der Waals surface area contributed by atoms with Crippen LogP contribution in [0.15, 0.2) is 36.0 Å². The van der Waals surface area contributed by atoms with Crippen LogP contribution in [0.2, 0.25) is 0 Å². The third-order valence-electron chi connectivity index (χ3n) is 6.32. The summed E-state index contributed by atoms with van der Waals surface area (Å²) >= 11 is 0. The van der Waals surface area contributed by atoms with Gasteiger partial charge in [-0.2, -0.15) is 0 Å². The minimum absolute atomic E-state index is 0.101. The van der Waals surface area contributed by atoms with Crippen molar-refractivity contribution in [3.8, 4) is 0 Å². The van der Waals surface area contributed by atoms with E-state index in [0.717, 1.165) is 12.0 Å². The number of fused-ring (bicyclic) bond motifs is 1. The van der Waals surface area contributed by atoms with Gasteiger partial charge in [-0.25, -0.2) is 4.79 Å². The number of ether oxygens (including phenoxy) is 1. The fraction of sp³-hybridized carbons (Fsp3) is 0.667. The molecule has 0 heterocycles. The minimum Gasteiger partial charge on any atom is -0.466 e. The van der Waals surface area contributed by atoms with Crippen LogP contribution in [-0.2, 0) is 9.53 Å². The van der Waals surface area contributed by atoms with Gasteiger partial charge in [-0.1, -0.05) is 51.5 Å². The molecule has 0 saturated heterocycles. The molecule has 2 aliphatic rings. The number of hydrogen-bond donors (Lipinski definition) is 1. The van der Waals surface area contributed by atoms with Gasteiger partial charge < -0.3 is 9.84 Å². The van der Waals surface area contributed by atoms with E-state index in [2.05, 4.69) is 44.2 Å². The third-order valence-corrected chi connectivity index (χ3v) is 6.32. The molecule has 0 aromatic rings. The SMILES string of the molecule is C=C1C=CC2C(C)(C)CCCC2(C)C1CCC(=CC(=O)OC)CO. The van der Waals surface area contributed by atoms with Gasteiger partial charge in [0.2, 0.25) is 0 Å². The highest BCUT2D eigenvalue weighted by atomic mass is 16.5. The van der Waals surface area contributed by atoms with Crippen molar-refractivity contribution in [2.24, 2.45) is 22.7 Å². The summed E-state index contributed by atoms with van der Waals surface area (Å²) in [4.78, 5) is 11.4. The van der Waals surface area contributed by atoms with Crippen LogP contribution in [0.4, 0.5) is 0 Å². The normalized spacial score (nSPS) is 32.4.